The molecule has 2 aromatic heterocycles. The van der Waals surface area contributed by atoms with E-state index in [1.807, 2.05) is 0 Å². The first kappa shape index (κ1) is 19.3. The van der Waals surface area contributed by atoms with Gasteiger partial charge < -0.3 is 11.5 Å². The summed E-state index contributed by atoms with van der Waals surface area (Å²) in [5.74, 6) is 2.14. The number of nitrogens with zero attached hydrogens (tertiary/aromatic N) is 4. The normalized spacial score (nSPS) is 10.6. The maximum absolute atomic E-state index is 5.50. The quantitative estimate of drug-likeness (QED) is 0.842. The molecule has 0 aliphatic carbocycles. The van der Waals surface area contributed by atoms with Crippen molar-refractivity contribution in [3.8, 4) is 0 Å². The summed E-state index contributed by atoms with van der Waals surface area (Å²) in [5.41, 5.74) is 12.9. The van der Waals surface area contributed by atoms with Crippen LogP contribution in [0.25, 0.3) is 0 Å². The number of rotatable bonds is 4. The molecule has 0 saturated heterocycles. The lowest BCUT2D eigenvalue weighted by Gasteiger charge is -2.04. The minimum atomic E-state index is 0.447. The molecule has 0 spiro atoms. The minimum Gasteiger partial charge on any atom is -0.382 e. The van der Waals surface area contributed by atoms with Crippen LogP contribution >= 0.6 is 15.9 Å². The monoisotopic (exact) mass is 380 g/mol. The summed E-state index contributed by atoms with van der Waals surface area (Å²) in [7, 11) is 0. The summed E-state index contributed by atoms with van der Waals surface area (Å²) in [4.78, 5) is 16.3. The van der Waals surface area contributed by atoms with Crippen LogP contribution in [0.4, 0.5) is 11.6 Å². The maximum Gasteiger partial charge on any atom is 0.156 e. The molecule has 0 radical (unpaired) electrons. The fourth-order valence-corrected chi connectivity index (χ4v) is 2.14. The number of nitrogens with two attached hydrogens (primary N) is 2. The van der Waals surface area contributed by atoms with Crippen molar-refractivity contribution in [2.24, 2.45) is 11.8 Å². The topological polar surface area (TPSA) is 104 Å². The van der Waals surface area contributed by atoms with Gasteiger partial charge in [-0.05, 0) is 40.6 Å². The second kappa shape index (κ2) is 9.39. The molecule has 0 atom stereocenters. The Morgan fingerprint density at radius 2 is 1.43 bits per heavy atom. The van der Waals surface area contributed by atoms with Crippen LogP contribution in [-0.4, -0.2) is 19.9 Å². The minimum absolute atomic E-state index is 0.447. The van der Waals surface area contributed by atoms with E-state index >= 15 is 0 Å². The van der Waals surface area contributed by atoms with Gasteiger partial charge in [-0.15, -0.1) is 0 Å². The van der Waals surface area contributed by atoms with Gasteiger partial charge in [0.05, 0.1) is 30.0 Å². The Kier molecular flexibility index (Phi) is 7.88. The maximum atomic E-state index is 5.50. The molecule has 0 fully saturated rings. The van der Waals surface area contributed by atoms with E-state index in [0.717, 1.165) is 24.2 Å². The van der Waals surface area contributed by atoms with Gasteiger partial charge in [0.25, 0.3) is 0 Å². The highest BCUT2D eigenvalue weighted by molar-refractivity contribution is 9.10. The molecule has 2 aromatic rings. The van der Waals surface area contributed by atoms with E-state index in [1.54, 1.807) is 18.6 Å². The van der Waals surface area contributed by atoms with Gasteiger partial charge >= 0.3 is 0 Å². The number of anilines is 2. The zero-order valence-electron chi connectivity index (χ0n) is 14.1. The van der Waals surface area contributed by atoms with Gasteiger partial charge in [-0.1, -0.05) is 27.7 Å². The molecule has 0 aromatic carbocycles. The molecule has 23 heavy (non-hydrogen) atoms. The Morgan fingerprint density at radius 3 is 1.91 bits per heavy atom. The van der Waals surface area contributed by atoms with Crippen LogP contribution in [0, 0.1) is 11.8 Å². The van der Waals surface area contributed by atoms with E-state index < -0.39 is 0 Å². The molecular weight excluding hydrogens is 356 g/mol. The molecule has 2 rings (SSSR count). The first-order valence-corrected chi connectivity index (χ1v) is 8.40. The molecule has 4 N–H and O–H groups in total. The summed E-state index contributed by atoms with van der Waals surface area (Å²) in [6.07, 6.45) is 6.95. The van der Waals surface area contributed by atoms with Crippen molar-refractivity contribution in [3.05, 3.63) is 34.6 Å². The molecule has 0 aliphatic heterocycles. The molecule has 0 saturated carbocycles. The van der Waals surface area contributed by atoms with Crippen molar-refractivity contribution >= 4 is 27.6 Å². The molecule has 0 unspecified atom stereocenters. The van der Waals surface area contributed by atoms with E-state index in [1.165, 1.54) is 0 Å². The van der Waals surface area contributed by atoms with Crippen molar-refractivity contribution < 1.29 is 0 Å². The SMILES string of the molecule is CC(C)Cc1cnc(N)c(Br)n1.CC(C)Cc1cnc(N)cn1. The van der Waals surface area contributed by atoms with Crippen LogP contribution in [0.2, 0.25) is 0 Å². The Balaban J connectivity index is 0.000000231. The van der Waals surface area contributed by atoms with Gasteiger partial charge in [-0.2, -0.15) is 0 Å². The summed E-state index contributed by atoms with van der Waals surface area (Å²) in [6.45, 7) is 8.59. The third-order valence-electron chi connectivity index (χ3n) is 2.77. The van der Waals surface area contributed by atoms with E-state index in [2.05, 4.69) is 63.6 Å². The Bertz CT molecular complexity index is 598. The average molecular weight is 381 g/mol. The predicted molar refractivity (Wildman–Crippen MR) is 97.7 cm³/mol. The zero-order valence-corrected chi connectivity index (χ0v) is 15.7. The summed E-state index contributed by atoms with van der Waals surface area (Å²) >= 11 is 3.24. The first-order valence-electron chi connectivity index (χ1n) is 7.61. The molecule has 0 aliphatic rings. The van der Waals surface area contributed by atoms with Crippen molar-refractivity contribution in [3.63, 3.8) is 0 Å². The molecule has 0 bridgehead atoms. The number of nitrogen functional groups attached to an aromatic ring is 2. The van der Waals surface area contributed by atoms with Crippen molar-refractivity contribution in [2.75, 3.05) is 11.5 Å². The third-order valence-corrected chi connectivity index (χ3v) is 3.35. The molecular formula is C16H25BrN6. The Labute approximate surface area is 146 Å². The second-order valence-corrected chi connectivity index (χ2v) is 6.92. The van der Waals surface area contributed by atoms with Crippen LogP contribution in [0.5, 0.6) is 0 Å². The second-order valence-electron chi connectivity index (χ2n) is 6.17. The predicted octanol–water partition coefficient (Wildman–Crippen LogP) is 3.28. The van der Waals surface area contributed by atoms with E-state index in [-0.39, 0.29) is 0 Å². The van der Waals surface area contributed by atoms with Crippen LogP contribution in [0.3, 0.4) is 0 Å². The largest absolute Gasteiger partial charge is 0.382 e. The molecule has 2 heterocycles. The molecule has 6 nitrogen and oxygen atoms in total. The standard InChI is InChI=1S/C8H12BrN3.C8H13N3/c1-5(2)3-6-4-11-8(10)7(9)12-6;1-6(2)3-7-4-11-8(9)5-10-7/h4-5H,3H2,1-2H3,(H2,10,11);4-6H,3H2,1-2H3,(H2,9,11). The lowest BCUT2D eigenvalue weighted by atomic mass is 10.1. The average Bonchev–Trinajstić information content (AvgIpc) is 2.45. The first-order chi connectivity index (χ1) is 10.8. The number of halogens is 1. The van der Waals surface area contributed by atoms with E-state index in [4.69, 9.17) is 11.5 Å². The summed E-state index contributed by atoms with van der Waals surface area (Å²) < 4.78 is 0.639. The lowest BCUT2D eigenvalue weighted by molar-refractivity contribution is 0.632. The van der Waals surface area contributed by atoms with Crippen LogP contribution in [-0.2, 0) is 12.8 Å². The molecule has 0 amide bonds. The van der Waals surface area contributed by atoms with Crippen molar-refractivity contribution in [2.45, 2.75) is 40.5 Å². The highest BCUT2D eigenvalue weighted by Crippen LogP contribution is 2.14. The van der Waals surface area contributed by atoms with Crippen molar-refractivity contribution in [1.82, 2.24) is 19.9 Å². The van der Waals surface area contributed by atoms with Crippen molar-refractivity contribution in [1.29, 1.82) is 0 Å². The summed E-state index contributed by atoms with van der Waals surface area (Å²) in [6, 6.07) is 0. The van der Waals surface area contributed by atoms with Gasteiger partial charge in [0.1, 0.15) is 10.4 Å². The highest BCUT2D eigenvalue weighted by atomic mass is 79.9. The van der Waals surface area contributed by atoms with E-state index in [0.29, 0.717) is 28.1 Å². The van der Waals surface area contributed by atoms with Gasteiger partial charge in [0.15, 0.2) is 5.82 Å². The zero-order chi connectivity index (χ0) is 17.4. The third kappa shape index (κ3) is 7.88. The van der Waals surface area contributed by atoms with Crippen LogP contribution in [0.15, 0.2) is 23.2 Å². The Hall–Kier alpha value is -1.76. The fraction of sp³-hybridized carbons (Fsp3) is 0.500. The number of hydrogen-bond acceptors (Lipinski definition) is 6. The highest BCUT2D eigenvalue weighted by Gasteiger charge is 2.03. The Morgan fingerprint density at radius 1 is 0.870 bits per heavy atom. The van der Waals surface area contributed by atoms with Gasteiger partial charge in [-0.3, -0.25) is 4.98 Å². The lowest BCUT2D eigenvalue weighted by Crippen LogP contribution is -2.01. The van der Waals surface area contributed by atoms with Gasteiger partial charge in [-0.25, -0.2) is 15.0 Å². The van der Waals surface area contributed by atoms with Gasteiger partial charge in [0.2, 0.25) is 0 Å². The summed E-state index contributed by atoms with van der Waals surface area (Å²) in [5, 5.41) is 0. The van der Waals surface area contributed by atoms with Gasteiger partial charge in [0, 0.05) is 0 Å². The molecule has 7 heteroatoms. The molecule has 126 valence electrons. The number of aromatic nitrogens is 4. The number of hydrogen-bond donors (Lipinski definition) is 2. The van der Waals surface area contributed by atoms with E-state index in [9.17, 15) is 0 Å². The van der Waals surface area contributed by atoms with Crippen LogP contribution in [0.1, 0.15) is 39.1 Å². The fourth-order valence-electron chi connectivity index (χ4n) is 1.81. The van der Waals surface area contributed by atoms with Crippen LogP contribution < -0.4 is 11.5 Å². The smallest absolute Gasteiger partial charge is 0.156 e.